The van der Waals surface area contributed by atoms with Gasteiger partial charge in [0.05, 0.1) is 39.6 Å². The van der Waals surface area contributed by atoms with Crippen LogP contribution < -0.4 is 24.3 Å². The number of methoxy groups -OCH3 is 4. The zero-order valence-corrected chi connectivity index (χ0v) is 16.1. The number of ether oxygens (including phenoxy) is 4. The number of rotatable bonds is 7. The Hall–Kier alpha value is -3.22. The molecule has 0 aliphatic rings. The average Bonchev–Trinajstić information content (AvgIpc) is 2.72. The van der Waals surface area contributed by atoms with Gasteiger partial charge in [-0.1, -0.05) is 6.92 Å². The number of anilines is 2. The molecule has 0 saturated heterocycles. The highest BCUT2D eigenvalue weighted by atomic mass is 16.5. The zero-order chi connectivity index (χ0) is 19.4. The Morgan fingerprint density at radius 3 is 2.07 bits per heavy atom. The molecule has 3 rings (SSSR count). The van der Waals surface area contributed by atoms with E-state index in [-0.39, 0.29) is 0 Å². The third-order valence-electron chi connectivity index (χ3n) is 4.38. The standard InChI is InChI=1S/C20H23N3O4/c1-6-12-7-17(25-3)15(10-16(12)24-2)23-20-13-8-18(26-4)19(27-5)9-14(13)21-11-22-20/h7-11H,6H2,1-5H3,(H,21,22,23). The lowest BCUT2D eigenvalue weighted by Crippen LogP contribution is -2.01. The largest absolute Gasteiger partial charge is 0.496 e. The Labute approximate surface area is 158 Å². The second-order valence-corrected chi connectivity index (χ2v) is 5.79. The summed E-state index contributed by atoms with van der Waals surface area (Å²) in [6.07, 6.45) is 2.34. The Balaban J connectivity index is 2.11. The second kappa shape index (κ2) is 7.99. The lowest BCUT2D eigenvalue weighted by atomic mass is 10.1. The van der Waals surface area contributed by atoms with Crippen molar-refractivity contribution in [3.8, 4) is 23.0 Å². The molecule has 1 aromatic heterocycles. The van der Waals surface area contributed by atoms with Crippen molar-refractivity contribution in [3.05, 3.63) is 36.2 Å². The van der Waals surface area contributed by atoms with Crippen molar-refractivity contribution >= 4 is 22.4 Å². The molecular weight excluding hydrogens is 346 g/mol. The molecule has 0 atom stereocenters. The fraction of sp³-hybridized carbons (Fsp3) is 0.300. The lowest BCUT2D eigenvalue weighted by molar-refractivity contribution is 0.356. The molecule has 0 aliphatic heterocycles. The molecule has 27 heavy (non-hydrogen) atoms. The number of benzene rings is 2. The fourth-order valence-electron chi connectivity index (χ4n) is 2.95. The first-order valence-corrected chi connectivity index (χ1v) is 8.53. The van der Waals surface area contributed by atoms with Gasteiger partial charge in [-0.25, -0.2) is 9.97 Å². The molecule has 0 spiro atoms. The summed E-state index contributed by atoms with van der Waals surface area (Å²) < 4.78 is 21.8. The first-order valence-electron chi connectivity index (χ1n) is 8.53. The van der Waals surface area contributed by atoms with Crippen molar-refractivity contribution in [1.29, 1.82) is 0 Å². The van der Waals surface area contributed by atoms with Crippen LogP contribution in [0.1, 0.15) is 12.5 Å². The van der Waals surface area contributed by atoms with E-state index in [2.05, 4.69) is 22.2 Å². The van der Waals surface area contributed by atoms with Gasteiger partial charge < -0.3 is 24.3 Å². The van der Waals surface area contributed by atoms with Gasteiger partial charge in [-0.15, -0.1) is 0 Å². The summed E-state index contributed by atoms with van der Waals surface area (Å²) in [7, 11) is 6.48. The number of fused-ring (bicyclic) bond motifs is 1. The molecule has 7 nitrogen and oxygen atoms in total. The second-order valence-electron chi connectivity index (χ2n) is 5.79. The minimum atomic E-state index is 0.605. The highest BCUT2D eigenvalue weighted by Gasteiger charge is 2.14. The molecule has 0 amide bonds. The normalized spacial score (nSPS) is 10.6. The lowest BCUT2D eigenvalue weighted by Gasteiger charge is -2.16. The van der Waals surface area contributed by atoms with Gasteiger partial charge in [-0.3, -0.25) is 0 Å². The van der Waals surface area contributed by atoms with Crippen LogP contribution in [-0.2, 0) is 6.42 Å². The quantitative estimate of drug-likeness (QED) is 0.675. The van der Waals surface area contributed by atoms with Crippen molar-refractivity contribution in [3.63, 3.8) is 0 Å². The van der Waals surface area contributed by atoms with Crippen molar-refractivity contribution < 1.29 is 18.9 Å². The third-order valence-corrected chi connectivity index (χ3v) is 4.38. The van der Waals surface area contributed by atoms with Crippen LogP contribution in [-0.4, -0.2) is 38.4 Å². The van der Waals surface area contributed by atoms with Gasteiger partial charge >= 0.3 is 0 Å². The Morgan fingerprint density at radius 2 is 1.44 bits per heavy atom. The maximum absolute atomic E-state index is 5.55. The highest BCUT2D eigenvalue weighted by Crippen LogP contribution is 2.38. The van der Waals surface area contributed by atoms with E-state index in [0.717, 1.165) is 34.3 Å². The first kappa shape index (κ1) is 18.6. The van der Waals surface area contributed by atoms with Gasteiger partial charge in [-0.2, -0.15) is 0 Å². The Kier molecular flexibility index (Phi) is 5.49. The molecule has 0 aliphatic carbocycles. The van der Waals surface area contributed by atoms with Crippen LogP contribution >= 0.6 is 0 Å². The summed E-state index contributed by atoms with van der Waals surface area (Å²) in [6.45, 7) is 2.07. The van der Waals surface area contributed by atoms with Crippen molar-refractivity contribution in [2.75, 3.05) is 33.8 Å². The topological polar surface area (TPSA) is 74.7 Å². The summed E-state index contributed by atoms with van der Waals surface area (Å²) in [4.78, 5) is 8.72. The number of nitrogens with zero attached hydrogens (tertiary/aromatic N) is 2. The molecule has 0 bridgehead atoms. The van der Waals surface area contributed by atoms with Gasteiger partial charge in [0, 0.05) is 17.5 Å². The molecule has 2 aromatic carbocycles. The maximum atomic E-state index is 5.55. The minimum Gasteiger partial charge on any atom is -0.496 e. The van der Waals surface area contributed by atoms with Crippen LogP contribution in [0.5, 0.6) is 23.0 Å². The molecule has 1 heterocycles. The van der Waals surface area contributed by atoms with Gasteiger partial charge in [-0.05, 0) is 24.1 Å². The van der Waals surface area contributed by atoms with E-state index in [0.29, 0.717) is 23.1 Å². The van der Waals surface area contributed by atoms with E-state index in [4.69, 9.17) is 18.9 Å². The summed E-state index contributed by atoms with van der Waals surface area (Å²) in [6, 6.07) is 7.54. The van der Waals surface area contributed by atoms with Crippen LogP contribution in [0.25, 0.3) is 10.9 Å². The molecule has 0 radical (unpaired) electrons. The molecule has 0 fully saturated rings. The van der Waals surface area contributed by atoms with Crippen LogP contribution in [0.3, 0.4) is 0 Å². The van der Waals surface area contributed by atoms with Gasteiger partial charge in [0.1, 0.15) is 23.6 Å². The van der Waals surface area contributed by atoms with E-state index in [1.165, 1.54) is 6.33 Å². The summed E-state index contributed by atoms with van der Waals surface area (Å²) in [5, 5.41) is 4.13. The van der Waals surface area contributed by atoms with Crippen LogP contribution in [0.4, 0.5) is 11.5 Å². The number of nitrogens with one attached hydrogen (secondary N) is 1. The van der Waals surface area contributed by atoms with Crippen molar-refractivity contribution in [2.24, 2.45) is 0 Å². The fourth-order valence-corrected chi connectivity index (χ4v) is 2.95. The van der Waals surface area contributed by atoms with Crippen LogP contribution in [0.2, 0.25) is 0 Å². The summed E-state index contributed by atoms with van der Waals surface area (Å²) in [5.74, 6) is 3.35. The smallest absolute Gasteiger partial charge is 0.162 e. The van der Waals surface area contributed by atoms with Crippen LogP contribution in [0.15, 0.2) is 30.6 Å². The van der Waals surface area contributed by atoms with Gasteiger partial charge in [0.25, 0.3) is 0 Å². The zero-order valence-electron chi connectivity index (χ0n) is 16.1. The average molecular weight is 369 g/mol. The first-order chi connectivity index (χ1) is 13.1. The number of hydrogen-bond acceptors (Lipinski definition) is 7. The monoisotopic (exact) mass is 369 g/mol. The molecule has 0 unspecified atom stereocenters. The maximum Gasteiger partial charge on any atom is 0.162 e. The third kappa shape index (κ3) is 3.53. The predicted octanol–water partition coefficient (Wildman–Crippen LogP) is 3.97. The molecule has 1 N–H and O–H groups in total. The molecule has 7 heteroatoms. The van der Waals surface area contributed by atoms with E-state index < -0.39 is 0 Å². The van der Waals surface area contributed by atoms with Crippen molar-refractivity contribution in [2.45, 2.75) is 13.3 Å². The van der Waals surface area contributed by atoms with Gasteiger partial charge in [0.2, 0.25) is 0 Å². The van der Waals surface area contributed by atoms with Gasteiger partial charge in [0.15, 0.2) is 11.5 Å². The Morgan fingerprint density at radius 1 is 0.778 bits per heavy atom. The molecular formula is C20H23N3O4. The van der Waals surface area contributed by atoms with E-state index in [1.807, 2.05) is 24.3 Å². The summed E-state index contributed by atoms with van der Waals surface area (Å²) in [5.41, 5.74) is 2.56. The molecule has 3 aromatic rings. The summed E-state index contributed by atoms with van der Waals surface area (Å²) >= 11 is 0. The number of hydrogen-bond donors (Lipinski definition) is 1. The van der Waals surface area contributed by atoms with E-state index in [9.17, 15) is 0 Å². The number of aromatic nitrogens is 2. The number of aryl methyl sites for hydroxylation is 1. The van der Waals surface area contributed by atoms with Crippen molar-refractivity contribution in [1.82, 2.24) is 9.97 Å². The molecule has 142 valence electrons. The Bertz CT molecular complexity index is 960. The van der Waals surface area contributed by atoms with E-state index in [1.54, 1.807) is 28.4 Å². The van der Waals surface area contributed by atoms with Crippen LogP contribution in [0, 0.1) is 0 Å². The minimum absolute atomic E-state index is 0.605. The SMILES string of the molecule is CCc1cc(OC)c(Nc2ncnc3cc(OC)c(OC)cc23)cc1OC. The van der Waals surface area contributed by atoms with E-state index >= 15 is 0 Å². The molecule has 0 saturated carbocycles. The predicted molar refractivity (Wildman–Crippen MR) is 105 cm³/mol. The highest BCUT2D eigenvalue weighted by molar-refractivity contribution is 5.93.